The van der Waals surface area contributed by atoms with Gasteiger partial charge in [0, 0.05) is 30.8 Å². The zero-order valence-electron chi connectivity index (χ0n) is 15.7. The van der Waals surface area contributed by atoms with E-state index in [9.17, 15) is 14.4 Å². The number of fused-ring (bicyclic) bond motifs is 3. The fourth-order valence-electron chi connectivity index (χ4n) is 4.18. The molecule has 0 saturated carbocycles. The molecule has 0 bridgehead atoms. The second-order valence-corrected chi connectivity index (χ2v) is 7.53. The number of urea groups is 1. The molecule has 3 fully saturated rings. The first-order chi connectivity index (χ1) is 13.4. The number of nitrogens with one attached hydrogen (secondary N) is 1. The van der Waals surface area contributed by atoms with E-state index in [4.69, 9.17) is 11.6 Å². The topological polar surface area (TPSA) is 85.4 Å². The smallest absolute Gasteiger partial charge is 0.328 e. The average Bonchev–Trinajstić information content (AvgIpc) is 3.09. The van der Waals surface area contributed by atoms with Crippen molar-refractivity contribution in [1.82, 2.24) is 20.0 Å². The lowest BCUT2D eigenvalue weighted by Crippen LogP contribution is -2.67. The van der Waals surface area contributed by atoms with Crippen molar-refractivity contribution in [3.8, 4) is 0 Å². The predicted octanol–water partition coefficient (Wildman–Crippen LogP) is 0.501. The molecular weight excluding hydrogens is 386 g/mol. The number of anilines is 1. The number of carbonyl (C=O) groups excluding carboxylic acids is 3. The van der Waals surface area contributed by atoms with E-state index in [0.717, 1.165) is 23.6 Å². The highest BCUT2D eigenvalue weighted by molar-refractivity contribution is 6.30. The number of rotatable bonds is 3. The summed E-state index contributed by atoms with van der Waals surface area (Å²) in [6, 6.07) is 6.47. The minimum atomic E-state index is -0.629. The van der Waals surface area contributed by atoms with Crippen molar-refractivity contribution in [2.24, 2.45) is 0 Å². The van der Waals surface area contributed by atoms with E-state index in [1.54, 1.807) is 7.05 Å². The normalized spacial score (nSPS) is 27.7. The summed E-state index contributed by atoms with van der Waals surface area (Å²) in [4.78, 5) is 44.1. The largest absolute Gasteiger partial charge is 0.468 e. The Morgan fingerprint density at radius 2 is 2.11 bits per heavy atom. The average molecular weight is 408 g/mol. The number of ether oxygens (including phenoxy) is 1. The van der Waals surface area contributed by atoms with Crippen LogP contribution in [0.2, 0.25) is 5.02 Å². The van der Waals surface area contributed by atoms with Crippen molar-refractivity contribution < 1.29 is 19.1 Å². The van der Waals surface area contributed by atoms with E-state index in [0.29, 0.717) is 11.6 Å². The van der Waals surface area contributed by atoms with Crippen molar-refractivity contribution in [3.05, 3.63) is 29.3 Å². The van der Waals surface area contributed by atoms with Gasteiger partial charge in [-0.2, -0.15) is 0 Å². The number of imide groups is 1. The molecule has 1 aromatic carbocycles. The molecule has 28 heavy (non-hydrogen) atoms. The number of carbonyl (C=O) groups is 3. The lowest BCUT2D eigenvalue weighted by atomic mass is 10.1. The van der Waals surface area contributed by atoms with Crippen LogP contribution in [0.5, 0.6) is 0 Å². The molecule has 4 rings (SSSR count). The van der Waals surface area contributed by atoms with Crippen molar-refractivity contribution in [1.29, 1.82) is 0 Å². The van der Waals surface area contributed by atoms with E-state index in [2.05, 4.69) is 15.0 Å². The van der Waals surface area contributed by atoms with E-state index >= 15 is 0 Å². The third-order valence-electron chi connectivity index (χ3n) is 5.52. The molecule has 1 aromatic rings. The lowest BCUT2D eigenvalue weighted by Gasteiger charge is -2.43. The maximum atomic E-state index is 13.1. The molecule has 1 N–H and O–H groups in total. The Hall–Kier alpha value is -2.36. The second kappa shape index (κ2) is 7.23. The van der Waals surface area contributed by atoms with Crippen LogP contribution in [0.4, 0.5) is 10.5 Å². The second-order valence-electron chi connectivity index (χ2n) is 7.09. The number of nitrogens with zero attached hydrogens (tertiary/aromatic N) is 4. The first-order valence-corrected chi connectivity index (χ1v) is 9.49. The summed E-state index contributed by atoms with van der Waals surface area (Å²) in [5.74, 6) is -1.02. The Morgan fingerprint density at radius 3 is 2.82 bits per heavy atom. The zero-order chi connectivity index (χ0) is 20.0. The Kier molecular flexibility index (Phi) is 4.90. The minimum Gasteiger partial charge on any atom is -0.468 e. The molecule has 0 spiro atoms. The molecule has 9 nitrogen and oxygen atoms in total. The Labute approximate surface area is 167 Å². The van der Waals surface area contributed by atoms with Gasteiger partial charge in [0.1, 0.15) is 25.0 Å². The van der Waals surface area contributed by atoms with Crippen molar-refractivity contribution in [2.75, 3.05) is 38.7 Å². The molecule has 3 aliphatic rings. The SMILES string of the molecule is COC(=O)CN1C(=O)C2C(NC3N(c4cccc(Cl)c4)CCCN23)N(C)C1=O. The number of esters is 1. The standard InChI is InChI=1S/C18H22ClN5O4/c1-21-15-14(16(26)24(18(21)27)10-13(25)28-2)23-8-4-7-22(17(23)20-15)12-6-3-5-11(19)9-12/h3,5-6,9,14-15,17,20H,4,7-8,10H2,1-2H3. The maximum absolute atomic E-state index is 13.1. The van der Waals surface area contributed by atoms with Crippen LogP contribution in [0.3, 0.4) is 0 Å². The van der Waals surface area contributed by atoms with Crippen LogP contribution in [-0.2, 0) is 14.3 Å². The molecule has 3 amide bonds. The summed E-state index contributed by atoms with van der Waals surface area (Å²) in [6.07, 6.45) is 0.133. The summed E-state index contributed by atoms with van der Waals surface area (Å²) in [6.45, 7) is 1.11. The van der Waals surface area contributed by atoms with Gasteiger partial charge in [-0.3, -0.25) is 24.7 Å². The Bertz CT molecular complexity index is 821. The van der Waals surface area contributed by atoms with Crippen molar-refractivity contribution >= 4 is 35.2 Å². The molecule has 0 radical (unpaired) electrons. The number of likely N-dealkylation sites (N-methyl/N-ethyl adjacent to an activating group) is 1. The molecule has 150 valence electrons. The van der Waals surface area contributed by atoms with Gasteiger partial charge < -0.3 is 14.5 Å². The highest BCUT2D eigenvalue weighted by atomic mass is 35.5. The minimum absolute atomic E-state index is 0.250. The number of amides is 3. The fourth-order valence-corrected chi connectivity index (χ4v) is 4.36. The van der Waals surface area contributed by atoms with Gasteiger partial charge >= 0.3 is 12.0 Å². The fraction of sp³-hybridized carbons (Fsp3) is 0.500. The third kappa shape index (κ3) is 2.99. The monoisotopic (exact) mass is 407 g/mol. The number of hydrogen-bond donors (Lipinski definition) is 1. The number of methoxy groups -OCH3 is 1. The van der Waals surface area contributed by atoms with Gasteiger partial charge in [0.15, 0.2) is 0 Å². The highest BCUT2D eigenvalue weighted by Crippen LogP contribution is 2.33. The lowest BCUT2D eigenvalue weighted by molar-refractivity contribution is -0.149. The van der Waals surface area contributed by atoms with E-state index < -0.39 is 30.8 Å². The number of hydrogen-bond acceptors (Lipinski definition) is 7. The molecule has 3 aliphatic heterocycles. The van der Waals surface area contributed by atoms with Gasteiger partial charge in [0.25, 0.3) is 5.91 Å². The number of benzene rings is 1. The molecule has 10 heteroatoms. The van der Waals surface area contributed by atoms with Crippen LogP contribution in [0.15, 0.2) is 24.3 Å². The summed E-state index contributed by atoms with van der Waals surface area (Å²) >= 11 is 6.16. The molecule has 3 unspecified atom stereocenters. The van der Waals surface area contributed by atoms with Crippen LogP contribution in [0.25, 0.3) is 0 Å². The first-order valence-electron chi connectivity index (χ1n) is 9.11. The summed E-state index contributed by atoms with van der Waals surface area (Å²) in [5, 5.41) is 4.05. The van der Waals surface area contributed by atoms with Crippen LogP contribution in [0, 0.1) is 0 Å². The van der Waals surface area contributed by atoms with Crippen molar-refractivity contribution in [3.63, 3.8) is 0 Å². The van der Waals surface area contributed by atoms with Gasteiger partial charge in [-0.25, -0.2) is 4.79 Å². The van der Waals surface area contributed by atoms with Crippen LogP contribution in [0.1, 0.15) is 6.42 Å². The molecule has 0 aromatic heterocycles. The highest BCUT2D eigenvalue weighted by Gasteiger charge is 2.56. The zero-order valence-corrected chi connectivity index (χ0v) is 16.4. The molecule has 0 aliphatic carbocycles. The summed E-state index contributed by atoms with van der Waals surface area (Å²) in [7, 11) is 2.86. The van der Waals surface area contributed by atoms with Gasteiger partial charge in [0.05, 0.1) is 7.11 Å². The van der Waals surface area contributed by atoms with Crippen LogP contribution >= 0.6 is 11.6 Å². The van der Waals surface area contributed by atoms with E-state index in [1.807, 2.05) is 29.2 Å². The Morgan fingerprint density at radius 1 is 1.32 bits per heavy atom. The summed E-state index contributed by atoms with van der Waals surface area (Å²) < 4.78 is 4.64. The van der Waals surface area contributed by atoms with E-state index in [1.165, 1.54) is 12.0 Å². The van der Waals surface area contributed by atoms with Crippen LogP contribution in [-0.4, -0.2) is 84.9 Å². The van der Waals surface area contributed by atoms with Gasteiger partial charge in [0.2, 0.25) is 0 Å². The van der Waals surface area contributed by atoms with Gasteiger partial charge in [-0.05, 0) is 24.6 Å². The molecule has 3 saturated heterocycles. The third-order valence-corrected chi connectivity index (χ3v) is 5.76. The predicted molar refractivity (Wildman–Crippen MR) is 102 cm³/mol. The summed E-state index contributed by atoms with van der Waals surface area (Å²) in [5.41, 5.74) is 0.946. The van der Waals surface area contributed by atoms with Crippen molar-refractivity contribution in [2.45, 2.75) is 24.9 Å². The molecular formula is C18H22ClN5O4. The van der Waals surface area contributed by atoms with Gasteiger partial charge in [-0.15, -0.1) is 0 Å². The number of halogens is 1. The molecule has 3 atom stereocenters. The Balaban J connectivity index is 1.64. The quantitative estimate of drug-likeness (QED) is 0.730. The van der Waals surface area contributed by atoms with Gasteiger partial charge in [-0.1, -0.05) is 17.7 Å². The van der Waals surface area contributed by atoms with Crippen LogP contribution < -0.4 is 10.2 Å². The van der Waals surface area contributed by atoms with E-state index in [-0.39, 0.29) is 12.2 Å². The molecule has 3 heterocycles. The first kappa shape index (κ1) is 19.0. The maximum Gasteiger partial charge on any atom is 0.328 e.